The quantitative estimate of drug-likeness (QED) is 0.0152. The van der Waals surface area contributed by atoms with Crippen LogP contribution in [0.1, 0.15) is 112 Å². The molecule has 0 saturated carbocycles. The second-order valence-corrected chi connectivity index (χ2v) is 30.7. The molecule has 12 N–H and O–H groups in total. The molecule has 39 heteroatoms. The third-order valence-electron chi connectivity index (χ3n) is 19.6. The summed E-state index contributed by atoms with van der Waals surface area (Å²) in [7, 11) is 8.03. The minimum absolute atomic E-state index is 0.0445. The number of aromatic nitrogens is 4. The molecule has 674 valence electrons. The normalized spacial score (nSPS) is 11.9. The topological polar surface area (TPSA) is 429 Å². The number of pyridine rings is 4. The minimum Gasteiger partial charge on any atom is -0.497 e. The van der Waals surface area contributed by atoms with Crippen LogP contribution in [0, 0.1) is 21.6 Å². The smallest absolute Gasteiger partial charge is 0.497 e. The Morgan fingerprint density at radius 3 is 0.765 bits per heavy atom. The highest BCUT2D eigenvalue weighted by molar-refractivity contribution is 6.31. The van der Waals surface area contributed by atoms with E-state index < -0.39 is 47.6 Å². The SMILES string of the molecule is COc1ccc(NC(=O)c2ccc(C(=N)N(C)C)cc2)c(C(=O)Nc2ccc(Cl)cn2)c1.COc1ccc(NC(=O)c2ccc(C(=N)N3CC3)cc2)c(C(=O)Nc2ccc(Cl)cn2)c1.COc1ccc(NC(=O)c2ccc(C(=N)N3CCC3)cc2)c(C(=O)Nc2ccc(Cl)cn2)c1.N=C(c1ccc(C(=O)Nc2ccc(OC(F)(F)F)cc2C(=O)Nc2ccc(Cl)cn2)cc1)N1CC1. The second kappa shape index (κ2) is 43.8. The second-order valence-electron chi connectivity index (χ2n) is 29.0. The van der Waals surface area contributed by atoms with Gasteiger partial charge in [-0.1, -0.05) is 94.9 Å². The Morgan fingerprint density at radius 2 is 0.553 bits per heavy atom. The molecule has 8 amide bonds. The number of alkyl halides is 3. The molecule has 132 heavy (non-hydrogen) atoms. The number of likely N-dealkylation sites (tertiary alicyclic amines) is 1. The Morgan fingerprint density at radius 1 is 0.318 bits per heavy atom. The van der Waals surface area contributed by atoms with Gasteiger partial charge in [0.1, 0.15) is 69.6 Å². The van der Waals surface area contributed by atoms with E-state index in [0.29, 0.717) is 123 Å². The number of amides is 8. The van der Waals surface area contributed by atoms with Crippen molar-refractivity contribution in [2.24, 2.45) is 0 Å². The van der Waals surface area contributed by atoms with Gasteiger partial charge in [0.25, 0.3) is 47.3 Å². The summed E-state index contributed by atoms with van der Waals surface area (Å²) in [6.07, 6.45) is 1.68. The van der Waals surface area contributed by atoms with Gasteiger partial charge < -0.3 is 81.1 Å². The van der Waals surface area contributed by atoms with Crippen LogP contribution in [0.15, 0.2) is 243 Å². The number of anilines is 8. The fraction of sp³-hybridized carbons (Fsp3) is 0.140. The Hall–Kier alpha value is -15.9. The zero-order chi connectivity index (χ0) is 94.5. The van der Waals surface area contributed by atoms with Gasteiger partial charge in [-0.05, 0) is 176 Å². The van der Waals surface area contributed by atoms with E-state index in [4.69, 9.17) is 82.3 Å². The van der Waals surface area contributed by atoms with E-state index >= 15 is 0 Å². The Bertz CT molecular complexity index is 6140. The van der Waals surface area contributed by atoms with Crippen LogP contribution in [-0.4, -0.2) is 191 Å². The van der Waals surface area contributed by atoms with E-state index in [1.165, 1.54) is 82.5 Å². The van der Waals surface area contributed by atoms with Crippen LogP contribution in [0.3, 0.4) is 0 Å². The maximum absolute atomic E-state index is 12.9. The van der Waals surface area contributed by atoms with Crippen molar-refractivity contribution in [1.29, 1.82) is 21.6 Å². The number of methoxy groups -OCH3 is 3. The Labute approximate surface area is 773 Å². The molecule has 0 unspecified atom stereocenters. The molecule has 3 aliphatic rings. The van der Waals surface area contributed by atoms with Crippen molar-refractivity contribution in [3.8, 4) is 23.0 Å². The number of hydrogen-bond donors (Lipinski definition) is 12. The first-order valence-corrected chi connectivity index (χ1v) is 41.4. The lowest BCUT2D eigenvalue weighted by Gasteiger charge is -2.33. The molecule has 0 aliphatic carbocycles. The van der Waals surface area contributed by atoms with Crippen molar-refractivity contribution in [3.63, 3.8) is 0 Å². The molecule has 0 radical (unpaired) electrons. The maximum Gasteiger partial charge on any atom is 0.573 e. The molecule has 15 rings (SSSR count). The molecule has 3 fully saturated rings. The average Bonchev–Trinajstić information content (AvgIpc) is 1.08. The van der Waals surface area contributed by atoms with Crippen molar-refractivity contribution in [2.45, 2.75) is 12.8 Å². The molecule has 0 bridgehead atoms. The monoisotopic (exact) mass is 1870 g/mol. The van der Waals surface area contributed by atoms with Crippen molar-refractivity contribution < 1.29 is 70.5 Å². The third kappa shape index (κ3) is 26.4. The van der Waals surface area contributed by atoms with Gasteiger partial charge in [-0.2, -0.15) is 0 Å². The standard InChI is InChI=1S/C24H22ClN5O3.C23H17ClF3N5O3.C23H20ClN5O3.C23H22ClN5O3/c1-33-18-8-9-20(19(13-18)24(32)29-21-10-7-17(25)14-27-21)28-23(31)16-5-3-15(4-6-16)22(26)30-11-2-12-30;24-15-5-8-19(29-12-15)31-22(34)17-11-16(35-23(25,26)27)6-7-18(17)30-21(33)14-3-1-13(2-4-14)20(28)32-9-10-32;1-32-17-7-8-19(18(12-17)23(31)28-20-9-6-16(24)13-26-20)27-22(30)15-4-2-14(3-5-15)21(25)29-10-11-29;1-29(2)21(25)14-4-6-15(7-5-14)22(30)27-19-10-9-17(32-3)12-18(19)23(31)28-20-11-8-16(24)13-26-20/h3-10,13-14,26H,2,11-12H2,1H3,(H,28,31)(H,27,29,32);1-8,11-12,28H,9-10H2,(H,30,33)(H,29,31,34);2-9,12-13,25H,10-11H2,1H3,(H,27,30)(H,26,28,31);4-13,25H,1-3H3,(H,27,30)(H,26,28,31). The number of rotatable bonds is 24. The third-order valence-corrected chi connectivity index (χ3v) is 20.5. The van der Waals surface area contributed by atoms with Crippen molar-refractivity contribution >= 4 is 163 Å². The largest absolute Gasteiger partial charge is 0.573 e. The molecule has 4 aromatic heterocycles. The molecule has 0 spiro atoms. The summed E-state index contributed by atoms with van der Waals surface area (Å²) >= 11 is 23.3. The number of ether oxygens (including phenoxy) is 4. The first-order chi connectivity index (χ1) is 63.2. The zero-order valence-corrected chi connectivity index (χ0v) is 73.7. The molecule has 32 nitrogen and oxygen atoms in total. The van der Waals surface area contributed by atoms with E-state index in [1.54, 1.807) is 183 Å². The summed E-state index contributed by atoms with van der Waals surface area (Å²) in [6, 6.07) is 56.4. The van der Waals surface area contributed by atoms with Crippen LogP contribution in [0.25, 0.3) is 0 Å². The molecule has 8 aromatic carbocycles. The van der Waals surface area contributed by atoms with Crippen LogP contribution < -0.4 is 61.5 Å². The van der Waals surface area contributed by atoms with Gasteiger partial charge in [-0.25, -0.2) is 19.9 Å². The van der Waals surface area contributed by atoms with E-state index in [-0.39, 0.29) is 51.1 Å². The lowest BCUT2D eigenvalue weighted by atomic mass is 10.1. The summed E-state index contributed by atoms with van der Waals surface area (Å²) in [4.78, 5) is 126. The summed E-state index contributed by atoms with van der Waals surface area (Å²) in [5.41, 5.74) is 5.56. The number of halogens is 7. The summed E-state index contributed by atoms with van der Waals surface area (Å²) in [5.74, 6) is -0.543. The van der Waals surface area contributed by atoms with Gasteiger partial charge in [-0.3, -0.25) is 60.0 Å². The van der Waals surface area contributed by atoms with Crippen molar-refractivity contribution in [3.05, 3.63) is 330 Å². The minimum atomic E-state index is -4.97. The number of amidine groups is 4. The van der Waals surface area contributed by atoms with E-state index in [1.807, 2.05) is 14.7 Å². The zero-order valence-electron chi connectivity index (χ0n) is 70.7. The molecule has 3 aliphatic heterocycles. The van der Waals surface area contributed by atoms with Crippen LogP contribution in [-0.2, 0) is 0 Å². The highest BCUT2D eigenvalue weighted by Gasteiger charge is 2.33. The number of hydrogen-bond acceptors (Lipinski definition) is 20. The maximum atomic E-state index is 12.9. The van der Waals surface area contributed by atoms with Gasteiger partial charge in [-0.15, -0.1) is 13.2 Å². The van der Waals surface area contributed by atoms with E-state index in [2.05, 4.69) is 67.2 Å². The van der Waals surface area contributed by atoms with Gasteiger partial charge in [0, 0.05) is 123 Å². The molecule has 7 heterocycles. The van der Waals surface area contributed by atoms with Crippen LogP contribution in [0.2, 0.25) is 20.1 Å². The van der Waals surface area contributed by atoms with E-state index in [9.17, 15) is 51.5 Å². The molecular weight excluding hydrogens is 1790 g/mol. The van der Waals surface area contributed by atoms with Gasteiger partial charge in [0.15, 0.2) is 0 Å². The van der Waals surface area contributed by atoms with Gasteiger partial charge >= 0.3 is 6.36 Å². The summed E-state index contributed by atoms with van der Waals surface area (Å²) in [6.45, 7) is 5.16. The summed E-state index contributed by atoms with van der Waals surface area (Å²) < 4.78 is 57.7. The van der Waals surface area contributed by atoms with Crippen LogP contribution in [0.4, 0.5) is 59.2 Å². The van der Waals surface area contributed by atoms with Crippen molar-refractivity contribution in [2.75, 3.05) is 117 Å². The molecule has 12 aromatic rings. The highest BCUT2D eigenvalue weighted by atomic mass is 35.5. The predicted molar refractivity (Wildman–Crippen MR) is 499 cm³/mol. The number of carbonyl (C=O) groups is 8. The Kier molecular flexibility index (Phi) is 31.6. The van der Waals surface area contributed by atoms with Gasteiger partial charge in [0.05, 0.1) is 86.4 Å². The summed E-state index contributed by atoms with van der Waals surface area (Å²) in [5, 5.41) is 55.4. The molecule has 0 atom stereocenters. The lowest BCUT2D eigenvalue weighted by Crippen LogP contribution is -2.42. The number of carbonyl (C=O) groups excluding carboxylic acids is 8. The molecular formula is C93H81Cl4F3N20O12. The fourth-order valence-electron chi connectivity index (χ4n) is 12.2. The van der Waals surface area contributed by atoms with Gasteiger partial charge in [0.2, 0.25) is 0 Å². The lowest BCUT2D eigenvalue weighted by molar-refractivity contribution is -0.274. The first-order valence-electron chi connectivity index (χ1n) is 39.8. The van der Waals surface area contributed by atoms with Crippen LogP contribution in [0.5, 0.6) is 23.0 Å². The predicted octanol–water partition coefficient (Wildman–Crippen LogP) is 17.1. The molecule has 3 saturated heterocycles. The highest BCUT2D eigenvalue weighted by Crippen LogP contribution is 2.33. The Balaban J connectivity index is 0.000000159. The van der Waals surface area contributed by atoms with Crippen LogP contribution >= 0.6 is 46.4 Å². The number of benzene rings is 8. The number of nitrogens with zero attached hydrogens (tertiary/aromatic N) is 8. The first kappa shape index (κ1) is 95.3. The average molecular weight is 1870 g/mol. The number of nitrogens with one attached hydrogen (secondary N) is 12. The fourth-order valence-corrected chi connectivity index (χ4v) is 12.6. The van der Waals surface area contributed by atoms with E-state index in [0.717, 1.165) is 75.0 Å². The van der Waals surface area contributed by atoms with Crippen molar-refractivity contribution in [1.82, 2.24) is 39.5 Å².